The lowest BCUT2D eigenvalue weighted by Gasteiger charge is -2.34. The van der Waals surface area contributed by atoms with Crippen LogP contribution in [0.25, 0.3) is 0 Å². The first-order valence-corrected chi connectivity index (χ1v) is 7.58. The van der Waals surface area contributed by atoms with E-state index in [4.69, 9.17) is 5.11 Å². The molecule has 0 bridgehead atoms. The Bertz CT molecular complexity index is 555. The van der Waals surface area contributed by atoms with Crippen LogP contribution in [0, 0.1) is 15.9 Å². The Balaban J connectivity index is 2.15. The molecular weight excluding hydrogens is 299 g/mol. The smallest absolute Gasteiger partial charge is 0.304 e. The van der Waals surface area contributed by atoms with Gasteiger partial charge in [-0.2, -0.15) is 11.8 Å². The number of carboxylic acids is 1. The number of carboxylic acid groups (broad SMARTS) is 1. The summed E-state index contributed by atoms with van der Waals surface area (Å²) in [6, 6.07) is 3.34. The zero-order chi connectivity index (χ0) is 15.4. The molecule has 0 aromatic heterocycles. The molecule has 8 heteroatoms. The highest BCUT2D eigenvalue weighted by Crippen LogP contribution is 2.23. The van der Waals surface area contributed by atoms with E-state index in [2.05, 4.69) is 0 Å². The van der Waals surface area contributed by atoms with Gasteiger partial charge in [0.1, 0.15) is 5.82 Å². The van der Waals surface area contributed by atoms with Gasteiger partial charge in [0.25, 0.3) is 5.69 Å². The first kappa shape index (κ1) is 15.7. The number of halogens is 1. The highest BCUT2D eigenvalue weighted by molar-refractivity contribution is 7.99. The summed E-state index contributed by atoms with van der Waals surface area (Å²) in [5.41, 5.74) is 0.204. The van der Waals surface area contributed by atoms with E-state index < -0.39 is 16.7 Å². The number of thioether (sulfide) groups is 1. The van der Waals surface area contributed by atoms with Gasteiger partial charge in [-0.25, -0.2) is 4.39 Å². The molecule has 0 saturated carbocycles. The predicted octanol–water partition coefficient (Wildman–Crippen LogP) is 2.13. The minimum absolute atomic E-state index is 0.0183. The number of benzene rings is 1. The van der Waals surface area contributed by atoms with Crippen molar-refractivity contribution in [1.29, 1.82) is 0 Å². The fourth-order valence-electron chi connectivity index (χ4n) is 2.35. The van der Waals surface area contributed by atoms with Crippen molar-refractivity contribution in [3.05, 3.63) is 39.7 Å². The molecule has 1 aliphatic rings. The Hall–Kier alpha value is -1.67. The van der Waals surface area contributed by atoms with E-state index >= 15 is 0 Å². The molecule has 1 saturated heterocycles. The van der Waals surface area contributed by atoms with Crippen molar-refractivity contribution in [2.24, 2.45) is 0 Å². The molecule has 0 amide bonds. The third-order valence-corrected chi connectivity index (χ3v) is 4.39. The molecule has 2 rings (SSSR count). The SMILES string of the molecule is O=C(O)CC1CSCCN1Cc1cc(F)cc([N+](=O)[O-])c1. The van der Waals surface area contributed by atoms with Gasteiger partial charge < -0.3 is 5.11 Å². The maximum Gasteiger partial charge on any atom is 0.304 e. The monoisotopic (exact) mass is 314 g/mol. The van der Waals surface area contributed by atoms with E-state index in [1.807, 2.05) is 4.90 Å². The Morgan fingerprint density at radius 1 is 1.52 bits per heavy atom. The second-order valence-corrected chi connectivity index (χ2v) is 6.02. The van der Waals surface area contributed by atoms with E-state index in [1.165, 1.54) is 12.1 Å². The van der Waals surface area contributed by atoms with Crippen molar-refractivity contribution in [2.45, 2.75) is 19.0 Å². The molecular formula is C13H15FN2O4S. The summed E-state index contributed by atoms with van der Waals surface area (Å²) in [6.45, 7) is 1.00. The van der Waals surface area contributed by atoms with Gasteiger partial charge in [-0.05, 0) is 11.6 Å². The van der Waals surface area contributed by atoms with Crippen LogP contribution in [0.3, 0.4) is 0 Å². The average molecular weight is 314 g/mol. The van der Waals surface area contributed by atoms with Crippen molar-refractivity contribution < 1.29 is 19.2 Å². The highest BCUT2D eigenvalue weighted by atomic mass is 32.2. The van der Waals surface area contributed by atoms with Gasteiger partial charge in [0.15, 0.2) is 0 Å². The maximum absolute atomic E-state index is 13.4. The fourth-order valence-corrected chi connectivity index (χ4v) is 3.48. The molecule has 1 fully saturated rings. The second-order valence-electron chi connectivity index (χ2n) is 4.87. The van der Waals surface area contributed by atoms with Crippen LogP contribution >= 0.6 is 11.8 Å². The third kappa shape index (κ3) is 4.40. The third-order valence-electron chi connectivity index (χ3n) is 3.30. The molecule has 1 aromatic carbocycles. The standard InChI is InChI=1S/C13H15FN2O4S/c14-10-3-9(4-11(5-10)16(19)20)7-15-1-2-21-8-12(15)6-13(17)18/h3-5,12H,1-2,6-8H2,(H,17,18). The molecule has 21 heavy (non-hydrogen) atoms. The van der Waals surface area contributed by atoms with E-state index in [1.54, 1.807) is 11.8 Å². The Labute approximate surface area is 125 Å². The topological polar surface area (TPSA) is 83.7 Å². The van der Waals surface area contributed by atoms with Gasteiger partial charge in [-0.15, -0.1) is 0 Å². The second kappa shape index (κ2) is 6.86. The Morgan fingerprint density at radius 2 is 2.29 bits per heavy atom. The number of aliphatic carboxylic acids is 1. The van der Waals surface area contributed by atoms with Crippen molar-refractivity contribution in [1.82, 2.24) is 4.90 Å². The molecule has 0 aliphatic carbocycles. The lowest BCUT2D eigenvalue weighted by Crippen LogP contribution is -2.42. The van der Waals surface area contributed by atoms with Gasteiger partial charge in [-0.1, -0.05) is 0 Å². The quantitative estimate of drug-likeness (QED) is 0.662. The van der Waals surface area contributed by atoms with Crippen molar-refractivity contribution >= 4 is 23.4 Å². The van der Waals surface area contributed by atoms with Crippen LogP contribution in [0.5, 0.6) is 0 Å². The van der Waals surface area contributed by atoms with Crippen LogP contribution in [-0.4, -0.2) is 45.0 Å². The zero-order valence-electron chi connectivity index (χ0n) is 11.2. The Morgan fingerprint density at radius 3 is 2.95 bits per heavy atom. The summed E-state index contributed by atoms with van der Waals surface area (Å²) in [5.74, 6) is 0.0372. The number of rotatable bonds is 5. The molecule has 1 atom stereocenters. The van der Waals surface area contributed by atoms with E-state index in [0.717, 1.165) is 11.8 Å². The average Bonchev–Trinajstić information content (AvgIpc) is 2.39. The summed E-state index contributed by atoms with van der Waals surface area (Å²) >= 11 is 1.68. The number of hydrogen-bond acceptors (Lipinski definition) is 5. The van der Waals surface area contributed by atoms with Crippen molar-refractivity contribution in [2.75, 3.05) is 18.1 Å². The van der Waals surface area contributed by atoms with E-state index in [9.17, 15) is 19.3 Å². The zero-order valence-corrected chi connectivity index (χ0v) is 12.0. The molecule has 1 heterocycles. The van der Waals surface area contributed by atoms with Crippen LogP contribution in [0.4, 0.5) is 10.1 Å². The first-order valence-electron chi connectivity index (χ1n) is 6.43. The molecule has 0 radical (unpaired) electrons. The molecule has 0 spiro atoms. The molecule has 1 aromatic rings. The summed E-state index contributed by atoms with van der Waals surface area (Å²) in [6.07, 6.45) is 0.0183. The molecule has 6 nitrogen and oxygen atoms in total. The molecule has 1 aliphatic heterocycles. The number of nitro benzene ring substituents is 1. The number of hydrogen-bond donors (Lipinski definition) is 1. The number of carbonyl (C=O) groups is 1. The van der Waals surface area contributed by atoms with Crippen LogP contribution in [-0.2, 0) is 11.3 Å². The first-order chi connectivity index (χ1) is 9.95. The van der Waals surface area contributed by atoms with Gasteiger partial charge in [0.2, 0.25) is 0 Å². The summed E-state index contributed by atoms with van der Waals surface area (Å²) in [7, 11) is 0. The van der Waals surface area contributed by atoms with Crippen molar-refractivity contribution in [3.8, 4) is 0 Å². The predicted molar refractivity (Wildman–Crippen MR) is 76.8 cm³/mol. The highest BCUT2D eigenvalue weighted by Gasteiger charge is 2.25. The van der Waals surface area contributed by atoms with Gasteiger partial charge in [0.05, 0.1) is 17.4 Å². The van der Waals surface area contributed by atoms with Crippen LogP contribution in [0.2, 0.25) is 0 Å². The van der Waals surface area contributed by atoms with Crippen LogP contribution in [0.15, 0.2) is 18.2 Å². The van der Waals surface area contributed by atoms with Gasteiger partial charge >= 0.3 is 5.97 Å². The van der Waals surface area contributed by atoms with E-state index in [-0.39, 0.29) is 18.2 Å². The minimum Gasteiger partial charge on any atom is -0.481 e. The minimum atomic E-state index is -0.877. The summed E-state index contributed by atoms with van der Waals surface area (Å²) in [4.78, 5) is 22.9. The summed E-state index contributed by atoms with van der Waals surface area (Å²) < 4.78 is 13.4. The van der Waals surface area contributed by atoms with E-state index in [0.29, 0.717) is 24.4 Å². The van der Waals surface area contributed by atoms with Crippen LogP contribution < -0.4 is 0 Å². The summed E-state index contributed by atoms with van der Waals surface area (Å²) in [5, 5.41) is 19.7. The maximum atomic E-state index is 13.4. The fraction of sp³-hybridized carbons (Fsp3) is 0.462. The normalized spacial score (nSPS) is 19.4. The van der Waals surface area contributed by atoms with Crippen LogP contribution in [0.1, 0.15) is 12.0 Å². The molecule has 1 N–H and O–H groups in total. The van der Waals surface area contributed by atoms with Gasteiger partial charge in [-0.3, -0.25) is 19.8 Å². The largest absolute Gasteiger partial charge is 0.481 e. The number of nitrogens with zero attached hydrogens (tertiary/aromatic N) is 2. The lowest BCUT2D eigenvalue weighted by molar-refractivity contribution is -0.385. The van der Waals surface area contributed by atoms with Crippen molar-refractivity contribution in [3.63, 3.8) is 0 Å². The lowest BCUT2D eigenvalue weighted by atomic mass is 10.1. The van der Waals surface area contributed by atoms with Gasteiger partial charge in [0, 0.05) is 36.7 Å². The Kier molecular flexibility index (Phi) is 5.13. The molecule has 114 valence electrons. The molecule has 1 unspecified atom stereocenters. The number of nitro groups is 1. The number of non-ortho nitro benzene ring substituents is 1.